The summed E-state index contributed by atoms with van der Waals surface area (Å²) in [6.07, 6.45) is 6.08. The van der Waals surface area contributed by atoms with Crippen molar-refractivity contribution < 1.29 is 0 Å². The number of rotatable bonds is 3. The number of hydrogen-bond donors (Lipinski definition) is 0. The number of allylic oxidation sites excluding steroid dienone is 2. The van der Waals surface area contributed by atoms with Crippen LogP contribution in [-0.4, -0.2) is 0 Å². The fourth-order valence-corrected chi connectivity index (χ4v) is 2.97. The molecule has 0 aromatic heterocycles. The first-order chi connectivity index (χ1) is 6.90. The van der Waals surface area contributed by atoms with Crippen LogP contribution in [0.2, 0.25) is 0 Å². The van der Waals surface area contributed by atoms with Crippen LogP contribution in [0.25, 0.3) is 0 Å². The molecule has 0 N–H and O–H groups in total. The lowest BCUT2D eigenvalue weighted by Crippen LogP contribution is -2.34. The average molecular weight is 206 g/mol. The van der Waals surface area contributed by atoms with Gasteiger partial charge in [-0.15, -0.1) is 6.58 Å². The zero-order chi connectivity index (χ0) is 11.6. The van der Waals surface area contributed by atoms with E-state index in [-0.39, 0.29) is 5.41 Å². The second kappa shape index (κ2) is 4.55. The molecule has 1 rings (SSSR count). The molecule has 0 heterocycles. The van der Waals surface area contributed by atoms with Crippen LogP contribution in [0.4, 0.5) is 0 Å². The van der Waals surface area contributed by atoms with E-state index in [0.29, 0.717) is 5.92 Å². The molecule has 15 heavy (non-hydrogen) atoms. The van der Waals surface area contributed by atoms with Gasteiger partial charge < -0.3 is 0 Å². The van der Waals surface area contributed by atoms with Gasteiger partial charge in [-0.1, -0.05) is 39.0 Å². The normalized spacial score (nSPS) is 36.6. The van der Waals surface area contributed by atoms with Crippen LogP contribution in [0.15, 0.2) is 24.8 Å². The highest BCUT2D eigenvalue weighted by Crippen LogP contribution is 2.48. The van der Waals surface area contributed by atoms with E-state index in [1.807, 2.05) is 0 Å². The molecule has 3 unspecified atom stereocenters. The fourth-order valence-electron chi connectivity index (χ4n) is 2.97. The van der Waals surface area contributed by atoms with Crippen LogP contribution in [0, 0.1) is 23.2 Å². The molecular formula is C15H26. The Morgan fingerprint density at radius 3 is 2.47 bits per heavy atom. The SMILES string of the molecule is C=CC1(C)CCC(C(C)C)CC1C(=C)C. The Hall–Kier alpha value is -0.520. The van der Waals surface area contributed by atoms with E-state index < -0.39 is 0 Å². The van der Waals surface area contributed by atoms with Crippen molar-refractivity contribution in [2.24, 2.45) is 23.2 Å². The molecule has 0 radical (unpaired) electrons. The lowest BCUT2D eigenvalue weighted by molar-refractivity contribution is 0.127. The fraction of sp³-hybridized carbons (Fsp3) is 0.733. The van der Waals surface area contributed by atoms with Gasteiger partial charge in [-0.25, -0.2) is 0 Å². The molecule has 0 amide bonds. The minimum atomic E-state index is 0.289. The molecule has 0 aromatic rings. The van der Waals surface area contributed by atoms with E-state index in [0.717, 1.165) is 11.8 Å². The summed E-state index contributed by atoms with van der Waals surface area (Å²) in [5.41, 5.74) is 1.62. The molecule has 1 saturated carbocycles. The zero-order valence-electron chi connectivity index (χ0n) is 10.8. The van der Waals surface area contributed by atoms with Crippen molar-refractivity contribution in [2.75, 3.05) is 0 Å². The first-order valence-corrected chi connectivity index (χ1v) is 6.19. The zero-order valence-corrected chi connectivity index (χ0v) is 10.8. The maximum Gasteiger partial charge on any atom is -0.00838 e. The standard InChI is InChI=1S/C15H26/c1-7-15(6)9-8-13(11(2)3)10-14(15)12(4)5/h7,11,13-14H,1,4,8-10H2,2-3,5-6H3. The summed E-state index contributed by atoms with van der Waals surface area (Å²) in [5, 5.41) is 0. The van der Waals surface area contributed by atoms with Gasteiger partial charge in [0.05, 0.1) is 0 Å². The molecule has 0 spiro atoms. The van der Waals surface area contributed by atoms with Crippen molar-refractivity contribution in [1.29, 1.82) is 0 Å². The van der Waals surface area contributed by atoms with Crippen molar-refractivity contribution in [2.45, 2.75) is 47.0 Å². The minimum Gasteiger partial charge on any atom is -0.103 e. The van der Waals surface area contributed by atoms with Crippen molar-refractivity contribution >= 4 is 0 Å². The molecule has 0 aliphatic heterocycles. The minimum absolute atomic E-state index is 0.289. The van der Waals surface area contributed by atoms with Gasteiger partial charge in [-0.05, 0) is 49.4 Å². The lowest BCUT2D eigenvalue weighted by Gasteiger charge is -2.44. The van der Waals surface area contributed by atoms with E-state index in [1.54, 1.807) is 0 Å². The van der Waals surface area contributed by atoms with Gasteiger partial charge in [0.15, 0.2) is 0 Å². The van der Waals surface area contributed by atoms with Gasteiger partial charge in [-0.3, -0.25) is 0 Å². The summed E-state index contributed by atoms with van der Waals surface area (Å²) in [7, 11) is 0. The highest BCUT2D eigenvalue weighted by atomic mass is 14.4. The molecule has 86 valence electrons. The van der Waals surface area contributed by atoms with E-state index in [9.17, 15) is 0 Å². The Morgan fingerprint density at radius 1 is 1.47 bits per heavy atom. The van der Waals surface area contributed by atoms with Crippen molar-refractivity contribution in [3.05, 3.63) is 24.8 Å². The smallest absolute Gasteiger partial charge is 0.00838 e. The second-order valence-corrected chi connectivity index (χ2v) is 5.89. The molecule has 3 atom stereocenters. The topological polar surface area (TPSA) is 0 Å². The highest BCUT2D eigenvalue weighted by molar-refractivity contribution is 5.12. The van der Waals surface area contributed by atoms with Crippen LogP contribution >= 0.6 is 0 Å². The largest absolute Gasteiger partial charge is 0.103 e. The van der Waals surface area contributed by atoms with Gasteiger partial charge >= 0.3 is 0 Å². The van der Waals surface area contributed by atoms with Gasteiger partial charge in [0.25, 0.3) is 0 Å². The van der Waals surface area contributed by atoms with Crippen LogP contribution in [-0.2, 0) is 0 Å². The van der Waals surface area contributed by atoms with Crippen molar-refractivity contribution in [1.82, 2.24) is 0 Å². The molecule has 0 heteroatoms. The first kappa shape index (κ1) is 12.5. The maximum absolute atomic E-state index is 4.17. The summed E-state index contributed by atoms with van der Waals surface area (Å²) >= 11 is 0. The van der Waals surface area contributed by atoms with Gasteiger partial charge in [-0.2, -0.15) is 0 Å². The summed E-state index contributed by atoms with van der Waals surface area (Å²) in [4.78, 5) is 0. The second-order valence-electron chi connectivity index (χ2n) is 5.89. The van der Waals surface area contributed by atoms with Gasteiger partial charge in [0, 0.05) is 0 Å². The van der Waals surface area contributed by atoms with Crippen LogP contribution in [0.1, 0.15) is 47.0 Å². The van der Waals surface area contributed by atoms with E-state index >= 15 is 0 Å². The van der Waals surface area contributed by atoms with Crippen LogP contribution in [0.5, 0.6) is 0 Å². The third-order valence-corrected chi connectivity index (χ3v) is 4.39. The summed E-state index contributed by atoms with van der Waals surface area (Å²) in [5.74, 6) is 2.32. The van der Waals surface area contributed by atoms with Crippen molar-refractivity contribution in [3.63, 3.8) is 0 Å². The molecule has 1 fully saturated rings. The Bertz CT molecular complexity index is 249. The summed E-state index contributed by atoms with van der Waals surface area (Å²) in [6.45, 7) is 17.4. The van der Waals surface area contributed by atoms with Gasteiger partial charge in [0.1, 0.15) is 0 Å². The monoisotopic (exact) mass is 206 g/mol. The third-order valence-electron chi connectivity index (χ3n) is 4.39. The van der Waals surface area contributed by atoms with E-state index in [1.165, 1.54) is 24.8 Å². The predicted octanol–water partition coefficient (Wildman–Crippen LogP) is 4.83. The van der Waals surface area contributed by atoms with Gasteiger partial charge in [0.2, 0.25) is 0 Å². The molecule has 1 aliphatic carbocycles. The highest BCUT2D eigenvalue weighted by Gasteiger charge is 2.38. The summed E-state index contributed by atoms with van der Waals surface area (Å²) in [6, 6.07) is 0. The molecule has 1 aliphatic rings. The Balaban J connectivity index is 2.83. The van der Waals surface area contributed by atoms with E-state index in [4.69, 9.17) is 0 Å². The quantitative estimate of drug-likeness (QED) is 0.580. The lowest BCUT2D eigenvalue weighted by atomic mass is 9.60. The molecule has 0 nitrogen and oxygen atoms in total. The molecule has 0 saturated heterocycles. The van der Waals surface area contributed by atoms with E-state index in [2.05, 4.69) is 46.9 Å². The first-order valence-electron chi connectivity index (χ1n) is 6.19. The predicted molar refractivity (Wildman–Crippen MR) is 68.8 cm³/mol. The Labute approximate surface area is 95.5 Å². The molecule has 0 bridgehead atoms. The average Bonchev–Trinajstić information content (AvgIpc) is 2.17. The molecular weight excluding hydrogens is 180 g/mol. The Morgan fingerprint density at radius 2 is 2.07 bits per heavy atom. The maximum atomic E-state index is 4.17. The summed E-state index contributed by atoms with van der Waals surface area (Å²) < 4.78 is 0. The Kier molecular flexibility index (Phi) is 3.81. The third kappa shape index (κ3) is 2.53. The van der Waals surface area contributed by atoms with Crippen LogP contribution in [0.3, 0.4) is 0 Å². The number of hydrogen-bond acceptors (Lipinski definition) is 0. The van der Waals surface area contributed by atoms with Crippen molar-refractivity contribution in [3.8, 4) is 0 Å². The van der Waals surface area contributed by atoms with Crippen LogP contribution < -0.4 is 0 Å². The molecule has 0 aromatic carbocycles.